The Hall–Kier alpha value is -3.87. The normalized spacial score (nSPS) is 11.1. The lowest BCUT2D eigenvalue weighted by Gasteiger charge is -2.22. The van der Waals surface area contributed by atoms with Crippen LogP contribution in [0.15, 0.2) is 96.6 Å². The van der Waals surface area contributed by atoms with Gasteiger partial charge in [-0.2, -0.15) is 0 Å². The minimum absolute atomic E-state index is 0.131. The maximum atomic E-state index is 13.2. The summed E-state index contributed by atoms with van der Waals surface area (Å²) in [6.07, 6.45) is 1.83. The number of nitrogens with zero attached hydrogens (tertiary/aromatic N) is 3. The highest BCUT2D eigenvalue weighted by Gasteiger charge is 2.15. The summed E-state index contributed by atoms with van der Waals surface area (Å²) in [5.74, 6) is -0.131. The molecule has 0 saturated heterocycles. The van der Waals surface area contributed by atoms with Crippen molar-refractivity contribution >= 4 is 33.1 Å². The molecule has 1 amide bonds. The highest BCUT2D eigenvalue weighted by Crippen LogP contribution is 2.27. The van der Waals surface area contributed by atoms with E-state index in [0.717, 1.165) is 51.4 Å². The van der Waals surface area contributed by atoms with Crippen LogP contribution in [0.25, 0.3) is 21.3 Å². The number of amides is 1. The molecule has 5 aromatic rings. The molecule has 0 unspecified atom stereocenters. The van der Waals surface area contributed by atoms with Crippen LogP contribution >= 0.6 is 11.3 Å². The van der Waals surface area contributed by atoms with E-state index in [0.29, 0.717) is 12.1 Å². The third kappa shape index (κ3) is 5.45. The Morgan fingerprint density at radius 2 is 1.77 bits per heavy atom. The van der Waals surface area contributed by atoms with Crippen molar-refractivity contribution in [1.29, 1.82) is 0 Å². The lowest BCUT2D eigenvalue weighted by Crippen LogP contribution is -2.23. The van der Waals surface area contributed by atoms with Crippen LogP contribution in [0, 0.1) is 0 Å². The molecule has 0 aliphatic carbocycles. The van der Waals surface area contributed by atoms with Crippen LogP contribution in [0.2, 0.25) is 0 Å². The number of benzene rings is 3. The van der Waals surface area contributed by atoms with Crippen molar-refractivity contribution in [2.45, 2.75) is 20.0 Å². The summed E-state index contributed by atoms with van der Waals surface area (Å²) >= 11 is 1.59. The van der Waals surface area contributed by atoms with E-state index < -0.39 is 0 Å². The molecule has 174 valence electrons. The van der Waals surface area contributed by atoms with Gasteiger partial charge in [-0.3, -0.25) is 14.7 Å². The van der Waals surface area contributed by atoms with Crippen LogP contribution in [0.5, 0.6) is 0 Å². The van der Waals surface area contributed by atoms with E-state index in [1.54, 1.807) is 11.3 Å². The van der Waals surface area contributed by atoms with Crippen molar-refractivity contribution in [2.24, 2.45) is 0 Å². The van der Waals surface area contributed by atoms with Gasteiger partial charge in [-0.25, -0.2) is 4.98 Å². The number of carbonyl (C=O) groups excluding carboxylic acids is 1. The maximum Gasteiger partial charge on any atom is 0.255 e. The Kier molecular flexibility index (Phi) is 6.93. The van der Waals surface area contributed by atoms with Gasteiger partial charge in [0.1, 0.15) is 0 Å². The number of fused-ring (bicyclic) bond motifs is 1. The van der Waals surface area contributed by atoms with Crippen molar-refractivity contribution in [3.05, 3.63) is 113 Å². The summed E-state index contributed by atoms with van der Waals surface area (Å²) in [5, 5.41) is 3.04. The number of nitrogens with one attached hydrogen (secondary N) is 1. The van der Waals surface area contributed by atoms with Crippen molar-refractivity contribution in [2.75, 3.05) is 11.9 Å². The molecule has 3 aromatic carbocycles. The zero-order valence-corrected chi connectivity index (χ0v) is 20.3. The molecular weight excluding hydrogens is 452 g/mol. The molecule has 5 rings (SSSR count). The first-order chi connectivity index (χ1) is 17.2. The minimum Gasteiger partial charge on any atom is -0.322 e. The molecule has 2 aromatic heterocycles. The molecular formula is C29H26N4OS. The second kappa shape index (κ2) is 10.6. The van der Waals surface area contributed by atoms with Gasteiger partial charge in [0.2, 0.25) is 0 Å². The number of hydrogen-bond acceptors (Lipinski definition) is 5. The summed E-state index contributed by atoms with van der Waals surface area (Å²) in [5.41, 5.74) is 8.48. The molecule has 6 heteroatoms. The van der Waals surface area contributed by atoms with E-state index in [1.165, 1.54) is 0 Å². The Morgan fingerprint density at radius 3 is 2.57 bits per heavy atom. The first-order valence-electron chi connectivity index (χ1n) is 11.6. The predicted molar refractivity (Wildman–Crippen MR) is 143 cm³/mol. The monoisotopic (exact) mass is 478 g/mol. The third-order valence-electron chi connectivity index (χ3n) is 5.99. The molecule has 0 bridgehead atoms. The van der Waals surface area contributed by atoms with Crippen LogP contribution in [-0.2, 0) is 13.1 Å². The lowest BCUT2D eigenvalue weighted by molar-refractivity contribution is 0.102. The van der Waals surface area contributed by atoms with Gasteiger partial charge >= 0.3 is 0 Å². The van der Waals surface area contributed by atoms with Gasteiger partial charge in [-0.15, -0.1) is 11.3 Å². The lowest BCUT2D eigenvalue weighted by atomic mass is 9.96. The van der Waals surface area contributed by atoms with E-state index >= 15 is 0 Å². The van der Waals surface area contributed by atoms with Gasteiger partial charge in [0, 0.05) is 30.5 Å². The smallest absolute Gasteiger partial charge is 0.255 e. The van der Waals surface area contributed by atoms with Crippen LogP contribution < -0.4 is 5.32 Å². The number of thiazole rings is 1. The molecule has 0 aliphatic heterocycles. The fourth-order valence-electron chi connectivity index (χ4n) is 4.15. The van der Waals surface area contributed by atoms with Crippen LogP contribution in [0.1, 0.15) is 28.5 Å². The van der Waals surface area contributed by atoms with Crippen molar-refractivity contribution in [3.63, 3.8) is 0 Å². The molecule has 35 heavy (non-hydrogen) atoms. The summed E-state index contributed by atoms with van der Waals surface area (Å²) in [4.78, 5) is 24.4. The molecule has 0 saturated carbocycles. The van der Waals surface area contributed by atoms with Gasteiger partial charge in [0.05, 0.1) is 21.4 Å². The molecule has 5 nitrogen and oxygen atoms in total. The number of rotatable bonds is 8. The van der Waals surface area contributed by atoms with Gasteiger partial charge < -0.3 is 5.32 Å². The molecule has 0 radical (unpaired) electrons. The number of carbonyl (C=O) groups is 1. The third-order valence-corrected chi connectivity index (χ3v) is 6.80. The summed E-state index contributed by atoms with van der Waals surface area (Å²) in [6, 6.07) is 28.1. The van der Waals surface area contributed by atoms with Crippen molar-refractivity contribution in [3.8, 4) is 11.1 Å². The van der Waals surface area contributed by atoms with Crippen molar-refractivity contribution in [1.82, 2.24) is 14.9 Å². The van der Waals surface area contributed by atoms with E-state index in [9.17, 15) is 4.79 Å². The standard InChI is InChI=1S/C29H26N4OS/c1-2-33(19-25-10-6-7-15-30-25)18-23-16-22(11-13-26(23)21-8-4-3-5-9-21)29(34)32-24-12-14-28-27(17-24)31-20-35-28/h3-17,20H,2,18-19H2,1H3,(H,32,34). The van der Waals surface area contributed by atoms with Crippen LogP contribution in [-0.4, -0.2) is 27.3 Å². The molecule has 0 atom stereocenters. The largest absolute Gasteiger partial charge is 0.322 e. The zero-order valence-electron chi connectivity index (χ0n) is 19.5. The SMILES string of the molecule is CCN(Cc1ccccn1)Cc1cc(C(=O)Nc2ccc3scnc3c2)ccc1-c1ccccc1. The van der Waals surface area contributed by atoms with Crippen LogP contribution in [0.3, 0.4) is 0 Å². The molecule has 2 heterocycles. The quantitative estimate of drug-likeness (QED) is 0.272. The second-order valence-corrected chi connectivity index (χ2v) is 9.24. The Bertz CT molecular complexity index is 1430. The van der Waals surface area contributed by atoms with E-state index in [2.05, 4.69) is 45.3 Å². The number of hydrogen-bond donors (Lipinski definition) is 1. The number of aromatic nitrogens is 2. The highest BCUT2D eigenvalue weighted by molar-refractivity contribution is 7.16. The predicted octanol–water partition coefficient (Wildman–Crippen LogP) is 6.63. The topological polar surface area (TPSA) is 58.1 Å². The van der Waals surface area contributed by atoms with Gasteiger partial charge in [0.15, 0.2) is 0 Å². The number of anilines is 1. The number of pyridine rings is 1. The second-order valence-electron chi connectivity index (χ2n) is 8.35. The molecule has 1 N–H and O–H groups in total. The molecule has 0 aliphatic rings. The molecule has 0 spiro atoms. The van der Waals surface area contributed by atoms with Gasteiger partial charge in [0.25, 0.3) is 5.91 Å². The Labute approximate surface area is 209 Å². The van der Waals surface area contributed by atoms with Gasteiger partial charge in [-0.1, -0.05) is 49.4 Å². The maximum absolute atomic E-state index is 13.2. The Morgan fingerprint density at radius 1 is 0.914 bits per heavy atom. The first kappa shape index (κ1) is 22.9. The minimum atomic E-state index is -0.131. The fourth-order valence-corrected chi connectivity index (χ4v) is 4.80. The van der Waals surface area contributed by atoms with Gasteiger partial charge in [-0.05, 0) is 65.7 Å². The van der Waals surface area contributed by atoms with E-state index in [-0.39, 0.29) is 5.91 Å². The zero-order chi connectivity index (χ0) is 24.0. The van der Waals surface area contributed by atoms with E-state index in [4.69, 9.17) is 0 Å². The summed E-state index contributed by atoms with van der Waals surface area (Å²) in [6.45, 7) is 4.48. The van der Waals surface area contributed by atoms with E-state index in [1.807, 2.05) is 78.4 Å². The Balaban J connectivity index is 1.43. The first-order valence-corrected chi connectivity index (χ1v) is 12.5. The average molecular weight is 479 g/mol. The molecule has 0 fully saturated rings. The highest BCUT2D eigenvalue weighted by atomic mass is 32.1. The summed E-state index contributed by atoms with van der Waals surface area (Å²) in [7, 11) is 0. The van der Waals surface area contributed by atoms with Crippen molar-refractivity contribution < 1.29 is 4.79 Å². The fraction of sp³-hybridized carbons (Fsp3) is 0.138. The van der Waals surface area contributed by atoms with Crippen LogP contribution in [0.4, 0.5) is 5.69 Å². The average Bonchev–Trinajstić information content (AvgIpc) is 3.37. The summed E-state index contributed by atoms with van der Waals surface area (Å²) < 4.78 is 1.10.